The molecule has 16 heavy (non-hydrogen) atoms. The summed E-state index contributed by atoms with van der Waals surface area (Å²) < 4.78 is 0. The maximum atomic E-state index is 12.2. The molecule has 0 aromatic carbocycles. The topological polar surface area (TPSA) is 32.3 Å². The number of hydrogen-bond acceptors (Lipinski definition) is 2. The van der Waals surface area contributed by atoms with Crippen molar-refractivity contribution in [2.24, 2.45) is 0 Å². The highest BCUT2D eigenvalue weighted by Crippen LogP contribution is 2.12. The predicted molar refractivity (Wildman–Crippen MR) is 67.4 cm³/mol. The normalized spacial score (nSPS) is 20.4. The molecule has 1 N–H and O–H groups in total. The minimum atomic E-state index is 0.0871. The lowest BCUT2D eigenvalue weighted by atomic mass is 10.1. The Labute approximate surface area is 99.6 Å². The van der Waals surface area contributed by atoms with Gasteiger partial charge in [0.2, 0.25) is 5.91 Å². The molecule has 3 heteroatoms. The number of hydrogen-bond donors (Lipinski definition) is 1. The fourth-order valence-electron chi connectivity index (χ4n) is 2.25. The second-order valence-corrected chi connectivity index (χ2v) is 4.98. The third-order valence-corrected chi connectivity index (χ3v) is 3.27. The van der Waals surface area contributed by atoms with Crippen LogP contribution in [0.25, 0.3) is 0 Å². The van der Waals surface area contributed by atoms with Gasteiger partial charge in [-0.1, -0.05) is 19.8 Å². The zero-order chi connectivity index (χ0) is 12.0. The van der Waals surface area contributed by atoms with Gasteiger partial charge in [-0.2, -0.15) is 0 Å². The number of carbonyl (C=O) groups excluding carboxylic acids is 1. The largest absolute Gasteiger partial charge is 0.339 e. The quantitative estimate of drug-likeness (QED) is 0.704. The molecular formula is C13H26N2O. The molecule has 0 aliphatic carbocycles. The van der Waals surface area contributed by atoms with E-state index in [2.05, 4.69) is 26.1 Å². The van der Waals surface area contributed by atoms with E-state index in [9.17, 15) is 4.79 Å². The minimum absolute atomic E-state index is 0.0871. The van der Waals surface area contributed by atoms with E-state index in [1.807, 2.05) is 4.90 Å². The van der Waals surface area contributed by atoms with Crippen LogP contribution < -0.4 is 5.32 Å². The number of nitrogens with zero attached hydrogens (tertiary/aromatic N) is 1. The molecule has 0 spiro atoms. The van der Waals surface area contributed by atoms with E-state index in [4.69, 9.17) is 0 Å². The van der Waals surface area contributed by atoms with E-state index >= 15 is 0 Å². The lowest BCUT2D eigenvalue weighted by molar-refractivity contribution is -0.134. The Kier molecular flexibility index (Phi) is 5.81. The molecule has 0 radical (unpaired) electrons. The SMILES string of the molecule is CCCCCN(C(=O)[C@@H]1CCCN1)C(C)C. The van der Waals surface area contributed by atoms with E-state index in [1.165, 1.54) is 12.8 Å². The van der Waals surface area contributed by atoms with Crippen LogP contribution in [0.15, 0.2) is 0 Å². The molecule has 1 rings (SSSR count). The maximum Gasteiger partial charge on any atom is 0.239 e. The molecule has 1 amide bonds. The van der Waals surface area contributed by atoms with E-state index in [0.717, 1.165) is 32.4 Å². The molecule has 1 saturated heterocycles. The third-order valence-electron chi connectivity index (χ3n) is 3.27. The van der Waals surface area contributed by atoms with E-state index in [0.29, 0.717) is 11.9 Å². The Balaban J connectivity index is 2.44. The lowest BCUT2D eigenvalue weighted by Crippen LogP contribution is -2.47. The average Bonchev–Trinajstić information content (AvgIpc) is 2.76. The Morgan fingerprint density at radius 1 is 1.44 bits per heavy atom. The van der Waals surface area contributed by atoms with Crippen LogP contribution in [0.3, 0.4) is 0 Å². The van der Waals surface area contributed by atoms with Gasteiger partial charge in [0.05, 0.1) is 6.04 Å². The molecule has 0 aromatic heterocycles. The van der Waals surface area contributed by atoms with Gasteiger partial charge >= 0.3 is 0 Å². The summed E-state index contributed by atoms with van der Waals surface area (Å²) in [7, 11) is 0. The van der Waals surface area contributed by atoms with Gasteiger partial charge in [-0.3, -0.25) is 4.79 Å². The number of carbonyl (C=O) groups is 1. The van der Waals surface area contributed by atoms with Crippen molar-refractivity contribution in [3.8, 4) is 0 Å². The number of nitrogens with one attached hydrogen (secondary N) is 1. The second kappa shape index (κ2) is 6.89. The van der Waals surface area contributed by atoms with Crippen molar-refractivity contribution in [2.45, 2.75) is 65.0 Å². The Hall–Kier alpha value is -0.570. The zero-order valence-electron chi connectivity index (χ0n) is 11.0. The molecule has 0 aromatic rings. The van der Waals surface area contributed by atoms with E-state index in [1.54, 1.807) is 0 Å². The standard InChI is InChI=1S/C13H26N2O/c1-4-5-6-10-15(11(2)3)13(16)12-8-7-9-14-12/h11-12,14H,4-10H2,1-3H3/t12-/m0/s1. The summed E-state index contributed by atoms with van der Waals surface area (Å²) in [6.45, 7) is 8.33. The fourth-order valence-corrected chi connectivity index (χ4v) is 2.25. The van der Waals surface area contributed by atoms with Crippen molar-refractivity contribution in [2.75, 3.05) is 13.1 Å². The van der Waals surface area contributed by atoms with Gasteiger partial charge in [-0.25, -0.2) is 0 Å². The van der Waals surface area contributed by atoms with Gasteiger partial charge in [0, 0.05) is 12.6 Å². The average molecular weight is 226 g/mol. The van der Waals surface area contributed by atoms with Crippen molar-refractivity contribution in [3.05, 3.63) is 0 Å². The van der Waals surface area contributed by atoms with E-state index in [-0.39, 0.29) is 6.04 Å². The summed E-state index contributed by atoms with van der Waals surface area (Å²) in [5.41, 5.74) is 0. The van der Waals surface area contributed by atoms with Gasteiger partial charge in [-0.05, 0) is 39.7 Å². The van der Waals surface area contributed by atoms with Crippen LogP contribution >= 0.6 is 0 Å². The van der Waals surface area contributed by atoms with Crippen LogP contribution in [-0.2, 0) is 4.79 Å². The number of unbranched alkanes of at least 4 members (excludes halogenated alkanes) is 2. The van der Waals surface area contributed by atoms with Crippen molar-refractivity contribution in [3.63, 3.8) is 0 Å². The summed E-state index contributed by atoms with van der Waals surface area (Å²) in [5, 5.41) is 3.29. The smallest absolute Gasteiger partial charge is 0.239 e. The Bertz CT molecular complexity index is 210. The van der Waals surface area contributed by atoms with E-state index < -0.39 is 0 Å². The summed E-state index contributed by atoms with van der Waals surface area (Å²) in [4.78, 5) is 14.3. The Morgan fingerprint density at radius 2 is 2.19 bits per heavy atom. The summed E-state index contributed by atoms with van der Waals surface area (Å²) in [6.07, 6.45) is 5.71. The van der Waals surface area contributed by atoms with Crippen molar-refractivity contribution < 1.29 is 4.79 Å². The summed E-state index contributed by atoms with van der Waals surface area (Å²) >= 11 is 0. The second-order valence-electron chi connectivity index (χ2n) is 4.98. The molecule has 3 nitrogen and oxygen atoms in total. The monoisotopic (exact) mass is 226 g/mol. The predicted octanol–water partition coefficient (Wildman–Crippen LogP) is 2.17. The first kappa shape index (κ1) is 13.5. The van der Waals surface area contributed by atoms with Crippen LogP contribution in [0.2, 0.25) is 0 Å². The van der Waals surface area contributed by atoms with Crippen LogP contribution in [0, 0.1) is 0 Å². The van der Waals surface area contributed by atoms with Gasteiger partial charge in [0.1, 0.15) is 0 Å². The molecule has 1 fully saturated rings. The first-order chi connectivity index (χ1) is 7.66. The molecule has 1 atom stereocenters. The molecule has 94 valence electrons. The number of amides is 1. The first-order valence-corrected chi connectivity index (χ1v) is 6.70. The van der Waals surface area contributed by atoms with Gasteiger partial charge in [0.25, 0.3) is 0 Å². The fraction of sp³-hybridized carbons (Fsp3) is 0.923. The highest BCUT2D eigenvalue weighted by Gasteiger charge is 2.27. The molecule has 0 saturated carbocycles. The summed E-state index contributed by atoms with van der Waals surface area (Å²) in [5.74, 6) is 0.309. The number of rotatable bonds is 6. The third kappa shape index (κ3) is 3.78. The van der Waals surface area contributed by atoms with Gasteiger partial charge in [0.15, 0.2) is 0 Å². The van der Waals surface area contributed by atoms with Gasteiger partial charge < -0.3 is 10.2 Å². The highest BCUT2D eigenvalue weighted by molar-refractivity contribution is 5.82. The van der Waals surface area contributed by atoms with Crippen LogP contribution in [0.5, 0.6) is 0 Å². The van der Waals surface area contributed by atoms with Crippen LogP contribution in [0.4, 0.5) is 0 Å². The zero-order valence-corrected chi connectivity index (χ0v) is 11.0. The van der Waals surface area contributed by atoms with Gasteiger partial charge in [-0.15, -0.1) is 0 Å². The molecule has 1 aliphatic heterocycles. The molecular weight excluding hydrogens is 200 g/mol. The highest BCUT2D eigenvalue weighted by atomic mass is 16.2. The minimum Gasteiger partial charge on any atom is -0.339 e. The molecule has 1 heterocycles. The molecule has 1 aliphatic rings. The van der Waals surface area contributed by atoms with Crippen LogP contribution in [0.1, 0.15) is 52.9 Å². The molecule has 0 bridgehead atoms. The van der Waals surface area contributed by atoms with Crippen LogP contribution in [-0.4, -0.2) is 36.0 Å². The summed E-state index contributed by atoms with van der Waals surface area (Å²) in [6, 6.07) is 0.413. The van der Waals surface area contributed by atoms with Crippen molar-refractivity contribution >= 4 is 5.91 Å². The van der Waals surface area contributed by atoms with Crippen molar-refractivity contribution in [1.29, 1.82) is 0 Å². The lowest BCUT2D eigenvalue weighted by Gasteiger charge is -2.29. The maximum absolute atomic E-state index is 12.2. The Morgan fingerprint density at radius 3 is 2.69 bits per heavy atom. The van der Waals surface area contributed by atoms with Crippen molar-refractivity contribution in [1.82, 2.24) is 10.2 Å². The molecule has 0 unspecified atom stereocenters. The first-order valence-electron chi connectivity index (χ1n) is 6.70.